The first-order valence-electron chi connectivity index (χ1n) is 6.39. The zero-order chi connectivity index (χ0) is 13.7. The van der Waals surface area contributed by atoms with Crippen molar-refractivity contribution in [3.8, 4) is 0 Å². The fourth-order valence-electron chi connectivity index (χ4n) is 1.79. The summed E-state index contributed by atoms with van der Waals surface area (Å²) in [5.74, 6) is 1.22. The van der Waals surface area contributed by atoms with Crippen molar-refractivity contribution in [2.45, 2.75) is 31.2 Å². The highest BCUT2D eigenvalue weighted by atomic mass is 32.2. The lowest BCUT2D eigenvalue weighted by atomic mass is 10.2. The molecule has 100 valence electrons. The van der Waals surface area contributed by atoms with Crippen molar-refractivity contribution in [2.24, 2.45) is 5.92 Å². The van der Waals surface area contributed by atoms with Crippen LogP contribution in [-0.2, 0) is 12.3 Å². The fraction of sp³-hybridized carbons (Fsp3) is 0.333. The zero-order valence-electron chi connectivity index (χ0n) is 11.2. The van der Waals surface area contributed by atoms with Crippen molar-refractivity contribution in [3.63, 3.8) is 0 Å². The van der Waals surface area contributed by atoms with Crippen LogP contribution in [0.3, 0.4) is 0 Å². The molecule has 0 fully saturated rings. The molecular formula is C15H18N2OS. The van der Waals surface area contributed by atoms with E-state index in [1.807, 2.05) is 18.2 Å². The Balaban J connectivity index is 2.11. The van der Waals surface area contributed by atoms with Gasteiger partial charge in [0.1, 0.15) is 0 Å². The van der Waals surface area contributed by atoms with Crippen molar-refractivity contribution < 1.29 is 0 Å². The van der Waals surface area contributed by atoms with Crippen LogP contribution in [0.2, 0.25) is 0 Å². The smallest absolute Gasteiger partial charge is 0.283 e. The summed E-state index contributed by atoms with van der Waals surface area (Å²) >= 11 is 1.50. The maximum absolute atomic E-state index is 12.2. The van der Waals surface area contributed by atoms with E-state index in [1.165, 1.54) is 17.3 Å². The number of benzene rings is 1. The summed E-state index contributed by atoms with van der Waals surface area (Å²) in [6.07, 6.45) is 3.46. The Morgan fingerprint density at radius 1 is 1.26 bits per heavy atom. The van der Waals surface area contributed by atoms with Crippen molar-refractivity contribution in [2.75, 3.05) is 0 Å². The van der Waals surface area contributed by atoms with Gasteiger partial charge in [-0.15, -0.1) is 0 Å². The highest BCUT2D eigenvalue weighted by Crippen LogP contribution is 2.17. The molecule has 0 saturated carbocycles. The number of hydrogen-bond acceptors (Lipinski definition) is 3. The number of nitrogens with zero attached hydrogens (tertiary/aromatic N) is 2. The summed E-state index contributed by atoms with van der Waals surface area (Å²) < 4.78 is 1.74. The first-order chi connectivity index (χ1) is 9.16. The Bertz CT molecular complexity index is 578. The van der Waals surface area contributed by atoms with Gasteiger partial charge in [0.25, 0.3) is 5.56 Å². The summed E-state index contributed by atoms with van der Waals surface area (Å²) in [6, 6.07) is 10.1. The zero-order valence-corrected chi connectivity index (χ0v) is 12.1. The fourth-order valence-corrected chi connectivity index (χ4v) is 2.66. The number of thioether (sulfide) groups is 1. The van der Waals surface area contributed by atoms with Gasteiger partial charge in [-0.2, -0.15) is 0 Å². The van der Waals surface area contributed by atoms with Gasteiger partial charge >= 0.3 is 0 Å². The molecule has 0 aliphatic heterocycles. The van der Waals surface area contributed by atoms with Gasteiger partial charge < -0.3 is 4.57 Å². The van der Waals surface area contributed by atoms with E-state index in [9.17, 15) is 4.79 Å². The first kappa shape index (κ1) is 13.9. The van der Waals surface area contributed by atoms with Gasteiger partial charge in [0.15, 0.2) is 5.03 Å². The molecule has 0 unspecified atom stereocenters. The first-order valence-corrected chi connectivity index (χ1v) is 7.37. The standard InChI is InChI=1S/C15H18N2OS/c1-12(2)10-17-9-8-16-14(15(17)18)19-11-13-6-4-3-5-7-13/h3-9,12H,10-11H2,1-2H3. The van der Waals surface area contributed by atoms with Crippen LogP contribution < -0.4 is 5.56 Å². The molecule has 1 aromatic heterocycles. The highest BCUT2D eigenvalue weighted by Gasteiger charge is 2.07. The highest BCUT2D eigenvalue weighted by molar-refractivity contribution is 7.98. The molecule has 0 bridgehead atoms. The van der Waals surface area contributed by atoms with Crippen LogP contribution >= 0.6 is 11.8 Å². The van der Waals surface area contributed by atoms with Gasteiger partial charge in [0, 0.05) is 24.7 Å². The lowest BCUT2D eigenvalue weighted by Gasteiger charge is -2.09. The normalized spacial score (nSPS) is 10.9. The minimum absolute atomic E-state index is 0.0112. The maximum Gasteiger partial charge on any atom is 0.283 e. The quantitative estimate of drug-likeness (QED) is 0.785. The van der Waals surface area contributed by atoms with Crippen LogP contribution in [0.4, 0.5) is 0 Å². The van der Waals surface area contributed by atoms with Crippen molar-refractivity contribution in [1.29, 1.82) is 0 Å². The lowest BCUT2D eigenvalue weighted by molar-refractivity contribution is 0.502. The molecule has 1 heterocycles. The molecule has 0 amide bonds. The number of hydrogen-bond donors (Lipinski definition) is 0. The second-order valence-corrected chi connectivity index (χ2v) is 5.82. The van der Waals surface area contributed by atoms with Crippen molar-refractivity contribution >= 4 is 11.8 Å². The molecule has 4 heteroatoms. The Morgan fingerprint density at radius 3 is 2.68 bits per heavy atom. The average molecular weight is 274 g/mol. The summed E-state index contributed by atoms with van der Waals surface area (Å²) in [5, 5.41) is 0.576. The van der Waals surface area contributed by atoms with Gasteiger partial charge in [-0.05, 0) is 11.5 Å². The van der Waals surface area contributed by atoms with Crippen LogP contribution in [0.5, 0.6) is 0 Å². The van der Waals surface area contributed by atoms with E-state index in [-0.39, 0.29) is 5.56 Å². The molecule has 0 aliphatic rings. The predicted molar refractivity (Wildman–Crippen MR) is 79.3 cm³/mol. The van der Waals surface area contributed by atoms with E-state index in [4.69, 9.17) is 0 Å². The Morgan fingerprint density at radius 2 is 2.00 bits per heavy atom. The molecule has 3 nitrogen and oxygen atoms in total. The van der Waals surface area contributed by atoms with Gasteiger partial charge in [0.05, 0.1) is 0 Å². The Labute approximate surface area is 117 Å². The maximum atomic E-state index is 12.2. The van der Waals surface area contributed by atoms with Crippen molar-refractivity contribution in [1.82, 2.24) is 9.55 Å². The molecule has 19 heavy (non-hydrogen) atoms. The van der Waals surface area contributed by atoms with Gasteiger partial charge in [0.2, 0.25) is 0 Å². The molecule has 2 rings (SSSR count). The average Bonchev–Trinajstić information content (AvgIpc) is 2.40. The van der Waals surface area contributed by atoms with E-state index in [2.05, 4.69) is 31.0 Å². The van der Waals surface area contributed by atoms with E-state index in [1.54, 1.807) is 17.0 Å². The van der Waals surface area contributed by atoms with Crippen LogP contribution in [0.15, 0.2) is 52.5 Å². The lowest BCUT2D eigenvalue weighted by Crippen LogP contribution is -2.24. The van der Waals surface area contributed by atoms with E-state index in [0.29, 0.717) is 10.9 Å². The molecule has 0 spiro atoms. The Kier molecular flexibility index (Phi) is 4.80. The summed E-state index contributed by atoms with van der Waals surface area (Å²) in [4.78, 5) is 16.4. The van der Waals surface area contributed by atoms with E-state index >= 15 is 0 Å². The third kappa shape index (κ3) is 3.96. The summed E-state index contributed by atoms with van der Waals surface area (Å²) in [5.41, 5.74) is 1.21. The number of aromatic nitrogens is 2. The minimum Gasteiger partial charge on any atom is -0.311 e. The van der Waals surface area contributed by atoms with E-state index < -0.39 is 0 Å². The summed E-state index contributed by atoms with van der Waals surface area (Å²) in [6.45, 7) is 4.94. The Hall–Kier alpha value is -1.55. The van der Waals surface area contributed by atoms with Crippen LogP contribution in [0, 0.1) is 5.92 Å². The van der Waals surface area contributed by atoms with Crippen LogP contribution in [0.1, 0.15) is 19.4 Å². The number of rotatable bonds is 5. The molecule has 0 N–H and O–H groups in total. The molecule has 0 saturated heterocycles. The monoisotopic (exact) mass is 274 g/mol. The van der Waals surface area contributed by atoms with Gasteiger partial charge in [-0.25, -0.2) is 4.98 Å². The minimum atomic E-state index is 0.0112. The predicted octanol–water partition coefficient (Wildman–Crippen LogP) is 3.19. The summed E-state index contributed by atoms with van der Waals surface area (Å²) in [7, 11) is 0. The third-order valence-corrected chi connectivity index (χ3v) is 3.69. The molecule has 0 atom stereocenters. The third-order valence-electron chi connectivity index (χ3n) is 2.66. The van der Waals surface area contributed by atoms with Gasteiger partial charge in [-0.3, -0.25) is 4.79 Å². The largest absolute Gasteiger partial charge is 0.311 e. The topological polar surface area (TPSA) is 34.9 Å². The second-order valence-electron chi connectivity index (χ2n) is 4.86. The molecule has 1 aromatic carbocycles. The van der Waals surface area contributed by atoms with Crippen molar-refractivity contribution in [3.05, 3.63) is 58.6 Å². The molecule has 0 radical (unpaired) electrons. The molecule has 2 aromatic rings. The molecule has 0 aliphatic carbocycles. The van der Waals surface area contributed by atoms with Crippen LogP contribution in [0.25, 0.3) is 0 Å². The SMILES string of the molecule is CC(C)Cn1ccnc(SCc2ccccc2)c1=O. The second kappa shape index (κ2) is 6.57. The molecular weight excluding hydrogens is 256 g/mol. The van der Waals surface area contributed by atoms with Crippen LogP contribution in [-0.4, -0.2) is 9.55 Å². The van der Waals surface area contributed by atoms with E-state index in [0.717, 1.165) is 12.3 Å². The van der Waals surface area contributed by atoms with Gasteiger partial charge in [-0.1, -0.05) is 55.9 Å².